The molecule has 0 radical (unpaired) electrons. The average Bonchev–Trinajstić information content (AvgIpc) is 3.52. The van der Waals surface area contributed by atoms with Gasteiger partial charge in [-0.05, 0) is 69.6 Å². The quantitative estimate of drug-likeness (QED) is 0.364. The van der Waals surface area contributed by atoms with E-state index in [9.17, 15) is 13.2 Å². The van der Waals surface area contributed by atoms with Crippen LogP contribution in [-0.2, 0) is 37.9 Å². The van der Waals surface area contributed by atoms with Crippen LogP contribution < -0.4 is 4.74 Å². The minimum Gasteiger partial charge on any atom is -0.465 e. The predicted octanol–water partition coefficient (Wildman–Crippen LogP) is 4.69. The van der Waals surface area contributed by atoms with Crippen LogP contribution in [0.1, 0.15) is 68.0 Å². The molecule has 0 aliphatic heterocycles. The molecule has 1 fully saturated rings. The van der Waals surface area contributed by atoms with Gasteiger partial charge in [-0.25, -0.2) is 13.4 Å². The van der Waals surface area contributed by atoms with Gasteiger partial charge < -0.3 is 9.47 Å². The second kappa shape index (κ2) is 10.1. The molecule has 0 amide bonds. The summed E-state index contributed by atoms with van der Waals surface area (Å²) >= 11 is 0. The minimum atomic E-state index is -3.87. The largest absolute Gasteiger partial charge is 0.465 e. The lowest BCUT2D eigenvalue weighted by molar-refractivity contribution is -0.144. The third kappa shape index (κ3) is 5.07. The van der Waals surface area contributed by atoms with Crippen molar-refractivity contribution in [3.05, 3.63) is 65.1 Å². The molecule has 5 rings (SSSR count). The number of ether oxygens (including phenoxy) is 2. The third-order valence-corrected chi connectivity index (χ3v) is 9.47. The van der Waals surface area contributed by atoms with Crippen LogP contribution in [0.3, 0.4) is 0 Å². The van der Waals surface area contributed by atoms with Gasteiger partial charge in [-0.1, -0.05) is 24.6 Å². The fraction of sp³-hybridized carbons (Fsp3) is 0.464. The van der Waals surface area contributed by atoms with Crippen LogP contribution in [0, 0.1) is 6.92 Å². The summed E-state index contributed by atoms with van der Waals surface area (Å²) in [6.07, 6.45) is 7.15. The maximum atomic E-state index is 13.9. The summed E-state index contributed by atoms with van der Waals surface area (Å²) in [5.74, 6) is 0.744. The number of fused-ring (bicyclic) bond motifs is 1. The van der Waals surface area contributed by atoms with Gasteiger partial charge in [0.1, 0.15) is 17.2 Å². The number of carbonyl (C=O) groups excluding carboxylic acids is 1. The number of hydrogen-bond acceptors (Lipinski definition) is 7. The van der Waals surface area contributed by atoms with E-state index in [4.69, 9.17) is 9.47 Å². The van der Waals surface area contributed by atoms with Crippen molar-refractivity contribution in [3.63, 3.8) is 0 Å². The minimum absolute atomic E-state index is 0.0145. The number of pyridine rings is 1. The molecule has 2 heterocycles. The highest BCUT2D eigenvalue weighted by atomic mass is 32.2. The van der Waals surface area contributed by atoms with Crippen LogP contribution >= 0.6 is 0 Å². The van der Waals surface area contributed by atoms with E-state index in [1.54, 1.807) is 30.9 Å². The molecule has 10 heteroatoms. The second-order valence-corrected chi connectivity index (χ2v) is 12.4. The van der Waals surface area contributed by atoms with E-state index in [0.717, 1.165) is 48.1 Å². The number of sulfonamides is 1. The van der Waals surface area contributed by atoms with Gasteiger partial charge >= 0.3 is 5.97 Å². The Hall–Kier alpha value is -3.24. The number of aryl methyl sites for hydroxylation is 1. The van der Waals surface area contributed by atoms with Gasteiger partial charge in [0, 0.05) is 23.9 Å². The van der Waals surface area contributed by atoms with Gasteiger partial charge in [0.25, 0.3) is 0 Å². The summed E-state index contributed by atoms with van der Waals surface area (Å²) in [7, 11) is -2.26. The Labute approximate surface area is 223 Å². The van der Waals surface area contributed by atoms with E-state index in [1.165, 1.54) is 10.5 Å². The lowest BCUT2D eigenvalue weighted by atomic mass is 9.93. The molecule has 1 aromatic carbocycles. The molecule has 0 spiro atoms. The third-order valence-electron chi connectivity index (χ3n) is 7.64. The molecule has 2 aliphatic rings. The molecule has 0 bridgehead atoms. The normalized spacial score (nSPS) is 18.2. The number of rotatable bonds is 9. The second-order valence-electron chi connectivity index (χ2n) is 10.4. The number of nitrogens with zero attached hydrogens (tertiary/aromatic N) is 4. The van der Waals surface area contributed by atoms with Crippen molar-refractivity contribution >= 4 is 16.0 Å². The van der Waals surface area contributed by atoms with Gasteiger partial charge in [-0.2, -0.15) is 9.40 Å². The number of carbonyl (C=O) groups is 1. The Kier molecular flexibility index (Phi) is 7.04. The monoisotopic (exact) mass is 538 g/mol. The molecular formula is C28H34N4O5S. The molecule has 9 nitrogen and oxygen atoms in total. The SMILES string of the molecule is CCOC(=O)Cn1ncc2c1CCC[C@H]2N(C)S(=O)(=O)c1cnc(Oc2ccc(C)cc2)c(C2(C)CC2)c1. The zero-order valence-electron chi connectivity index (χ0n) is 22.3. The molecule has 1 atom stereocenters. The summed E-state index contributed by atoms with van der Waals surface area (Å²) in [4.78, 5) is 16.7. The zero-order chi connectivity index (χ0) is 27.1. The molecule has 2 aliphatic carbocycles. The van der Waals surface area contributed by atoms with Crippen LogP contribution in [0.25, 0.3) is 0 Å². The van der Waals surface area contributed by atoms with Crippen LogP contribution in [0.15, 0.2) is 47.6 Å². The number of esters is 1. The van der Waals surface area contributed by atoms with Crippen LogP contribution in [0.5, 0.6) is 11.6 Å². The van der Waals surface area contributed by atoms with Crippen LogP contribution in [-0.4, -0.2) is 47.1 Å². The maximum absolute atomic E-state index is 13.9. The predicted molar refractivity (Wildman–Crippen MR) is 142 cm³/mol. The van der Waals surface area contributed by atoms with Gasteiger partial charge in [0.05, 0.1) is 25.0 Å². The van der Waals surface area contributed by atoms with Gasteiger partial charge in [0.2, 0.25) is 15.9 Å². The lowest BCUT2D eigenvalue weighted by Crippen LogP contribution is -2.33. The van der Waals surface area contributed by atoms with Gasteiger partial charge in [-0.3, -0.25) is 9.48 Å². The molecule has 3 aromatic rings. The fourth-order valence-electron chi connectivity index (χ4n) is 5.03. The highest BCUT2D eigenvalue weighted by molar-refractivity contribution is 7.89. The Morgan fingerprint density at radius 2 is 1.95 bits per heavy atom. The van der Waals surface area contributed by atoms with E-state index in [-0.39, 0.29) is 28.9 Å². The van der Waals surface area contributed by atoms with Crippen molar-refractivity contribution in [2.24, 2.45) is 0 Å². The Bertz CT molecular complexity index is 1440. The van der Waals surface area contributed by atoms with E-state index in [2.05, 4.69) is 17.0 Å². The Morgan fingerprint density at radius 1 is 1.21 bits per heavy atom. The fourth-order valence-corrected chi connectivity index (χ4v) is 6.37. The van der Waals surface area contributed by atoms with Crippen molar-refractivity contribution in [2.45, 2.75) is 75.8 Å². The van der Waals surface area contributed by atoms with E-state index >= 15 is 0 Å². The van der Waals surface area contributed by atoms with Crippen LogP contribution in [0.2, 0.25) is 0 Å². The Balaban J connectivity index is 1.43. The van der Waals surface area contributed by atoms with Crippen molar-refractivity contribution < 1.29 is 22.7 Å². The smallest absolute Gasteiger partial charge is 0.327 e. The summed E-state index contributed by atoms with van der Waals surface area (Å²) in [5, 5.41) is 4.38. The zero-order valence-corrected chi connectivity index (χ0v) is 23.1. The average molecular weight is 539 g/mol. The molecule has 0 N–H and O–H groups in total. The highest BCUT2D eigenvalue weighted by Crippen LogP contribution is 2.51. The molecule has 2 aromatic heterocycles. The summed E-state index contributed by atoms with van der Waals surface area (Å²) in [5.41, 5.74) is 3.47. The van der Waals surface area contributed by atoms with Crippen molar-refractivity contribution in [3.8, 4) is 11.6 Å². The number of benzene rings is 1. The standard InChI is InChI=1S/C28H34N4O5S/c1-5-36-26(33)18-32-25-8-6-7-24(22(25)17-30-32)31(4)38(34,35)21-15-23(28(3)13-14-28)27(29-16-21)37-20-11-9-19(2)10-12-20/h9-12,15-17,24H,5-8,13-14,18H2,1-4H3/t24-/m1/s1. The van der Waals surface area contributed by atoms with Gasteiger partial charge in [-0.15, -0.1) is 0 Å². The van der Waals surface area contributed by atoms with Crippen LogP contribution in [0.4, 0.5) is 0 Å². The molecule has 0 unspecified atom stereocenters. The molecule has 1 saturated carbocycles. The first-order chi connectivity index (χ1) is 18.1. The van der Waals surface area contributed by atoms with E-state index in [0.29, 0.717) is 24.7 Å². The first-order valence-electron chi connectivity index (χ1n) is 13.1. The van der Waals surface area contributed by atoms with Crippen molar-refractivity contribution in [1.82, 2.24) is 19.1 Å². The molecule has 0 saturated heterocycles. The van der Waals surface area contributed by atoms with E-state index in [1.807, 2.05) is 31.2 Å². The molecular weight excluding hydrogens is 504 g/mol. The van der Waals surface area contributed by atoms with E-state index < -0.39 is 10.0 Å². The van der Waals surface area contributed by atoms with Crippen molar-refractivity contribution in [2.75, 3.05) is 13.7 Å². The summed E-state index contributed by atoms with van der Waals surface area (Å²) < 4.78 is 41.9. The number of aromatic nitrogens is 3. The Morgan fingerprint density at radius 3 is 2.63 bits per heavy atom. The molecule has 202 valence electrons. The first kappa shape index (κ1) is 26.4. The molecule has 38 heavy (non-hydrogen) atoms. The highest BCUT2D eigenvalue weighted by Gasteiger charge is 2.43. The summed E-state index contributed by atoms with van der Waals surface area (Å²) in [6.45, 7) is 6.20. The van der Waals surface area contributed by atoms with Gasteiger partial charge in [0.15, 0.2) is 0 Å². The van der Waals surface area contributed by atoms with Crippen molar-refractivity contribution in [1.29, 1.82) is 0 Å². The topological polar surface area (TPSA) is 104 Å². The lowest BCUT2D eigenvalue weighted by Gasteiger charge is -2.31. The summed E-state index contributed by atoms with van der Waals surface area (Å²) in [6, 6.07) is 9.05. The maximum Gasteiger partial charge on any atom is 0.327 e. The first-order valence-corrected chi connectivity index (χ1v) is 14.5. The number of hydrogen-bond donors (Lipinski definition) is 0.